The standard InChI is InChI=1S/C26H30N2O4S/c1-18-15-20(3)25(16-19(18)2)21(4)27-26(29)17-28(22-9-7-6-8-10-22)33(30,31)24-13-11-23(32-5)12-14-24/h6-16,21H,17H2,1-5H3,(H,27,29). The summed E-state index contributed by atoms with van der Waals surface area (Å²) in [6.07, 6.45) is 0. The third-order valence-electron chi connectivity index (χ3n) is 5.71. The Hall–Kier alpha value is -3.32. The summed E-state index contributed by atoms with van der Waals surface area (Å²) in [7, 11) is -2.46. The number of ether oxygens (including phenoxy) is 1. The van der Waals surface area contributed by atoms with E-state index in [1.807, 2.05) is 20.8 Å². The van der Waals surface area contributed by atoms with Crippen LogP contribution in [0.1, 0.15) is 35.2 Å². The van der Waals surface area contributed by atoms with Gasteiger partial charge >= 0.3 is 0 Å². The number of hydrogen-bond donors (Lipinski definition) is 1. The number of hydrogen-bond acceptors (Lipinski definition) is 4. The molecule has 0 bridgehead atoms. The van der Waals surface area contributed by atoms with Crippen molar-refractivity contribution in [2.24, 2.45) is 0 Å². The number of methoxy groups -OCH3 is 1. The van der Waals surface area contributed by atoms with Crippen molar-refractivity contribution in [2.45, 2.75) is 38.6 Å². The van der Waals surface area contributed by atoms with Gasteiger partial charge in [-0.05, 0) is 86.3 Å². The first-order valence-corrected chi connectivity index (χ1v) is 12.2. The molecule has 6 nitrogen and oxygen atoms in total. The molecule has 0 heterocycles. The average Bonchev–Trinajstić information content (AvgIpc) is 2.80. The van der Waals surface area contributed by atoms with E-state index in [0.29, 0.717) is 11.4 Å². The number of aryl methyl sites for hydroxylation is 3. The molecule has 7 heteroatoms. The van der Waals surface area contributed by atoms with Crippen molar-refractivity contribution in [3.05, 3.63) is 89.0 Å². The summed E-state index contributed by atoms with van der Waals surface area (Å²) in [5, 5.41) is 2.96. The molecule has 0 aliphatic heterocycles. The van der Waals surface area contributed by atoms with Gasteiger partial charge in [0.25, 0.3) is 10.0 Å². The molecule has 33 heavy (non-hydrogen) atoms. The van der Waals surface area contributed by atoms with Gasteiger partial charge in [0.15, 0.2) is 0 Å². The smallest absolute Gasteiger partial charge is 0.264 e. The fourth-order valence-corrected chi connectivity index (χ4v) is 5.15. The Morgan fingerprint density at radius 1 is 0.939 bits per heavy atom. The number of carbonyl (C=O) groups is 1. The normalized spacial score (nSPS) is 12.2. The van der Waals surface area contributed by atoms with Gasteiger partial charge in [0.2, 0.25) is 5.91 Å². The van der Waals surface area contributed by atoms with Crippen LogP contribution in [-0.2, 0) is 14.8 Å². The van der Waals surface area contributed by atoms with Crippen LogP contribution in [0.15, 0.2) is 71.6 Å². The molecule has 1 unspecified atom stereocenters. The van der Waals surface area contributed by atoms with Crippen LogP contribution in [0.2, 0.25) is 0 Å². The van der Waals surface area contributed by atoms with E-state index in [9.17, 15) is 13.2 Å². The summed E-state index contributed by atoms with van der Waals surface area (Å²) in [4.78, 5) is 13.1. The van der Waals surface area contributed by atoms with Crippen LogP contribution in [0.5, 0.6) is 5.75 Å². The van der Waals surface area contributed by atoms with Crippen molar-refractivity contribution in [1.82, 2.24) is 5.32 Å². The van der Waals surface area contributed by atoms with Gasteiger partial charge in [-0.25, -0.2) is 8.42 Å². The Bertz CT molecular complexity index is 1220. The van der Waals surface area contributed by atoms with Gasteiger partial charge in [0, 0.05) is 0 Å². The molecular weight excluding hydrogens is 436 g/mol. The Morgan fingerprint density at radius 3 is 2.15 bits per heavy atom. The van der Waals surface area contributed by atoms with E-state index in [1.54, 1.807) is 42.5 Å². The van der Waals surface area contributed by atoms with Crippen LogP contribution < -0.4 is 14.4 Å². The number of amides is 1. The molecule has 0 saturated heterocycles. The van der Waals surface area contributed by atoms with Gasteiger partial charge in [-0.3, -0.25) is 9.10 Å². The highest BCUT2D eigenvalue weighted by atomic mass is 32.2. The highest BCUT2D eigenvalue weighted by Gasteiger charge is 2.28. The number of benzene rings is 3. The summed E-state index contributed by atoms with van der Waals surface area (Å²) in [6, 6.07) is 18.6. The number of anilines is 1. The molecule has 0 saturated carbocycles. The van der Waals surface area contributed by atoms with Crippen molar-refractivity contribution in [3.8, 4) is 5.75 Å². The van der Waals surface area contributed by atoms with Gasteiger partial charge in [-0.2, -0.15) is 0 Å². The topological polar surface area (TPSA) is 75.7 Å². The first-order chi connectivity index (χ1) is 15.6. The lowest BCUT2D eigenvalue weighted by atomic mass is 9.96. The lowest BCUT2D eigenvalue weighted by Gasteiger charge is -2.25. The second-order valence-corrected chi connectivity index (χ2v) is 9.97. The molecule has 0 aromatic heterocycles. The molecule has 0 fully saturated rings. The van der Waals surface area contributed by atoms with Crippen molar-refractivity contribution in [3.63, 3.8) is 0 Å². The molecule has 1 amide bonds. The van der Waals surface area contributed by atoms with E-state index in [-0.39, 0.29) is 23.4 Å². The molecule has 0 aliphatic carbocycles. The molecule has 3 rings (SSSR count). The van der Waals surface area contributed by atoms with E-state index in [1.165, 1.54) is 24.8 Å². The third kappa shape index (κ3) is 5.54. The molecule has 3 aromatic rings. The zero-order valence-corrected chi connectivity index (χ0v) is 20.4. The summed E-state index contributed by atoms with van der Waals surface area (Å²) in [5.74, 6) is 0.164. The summed E-state index contributed by atoms with van der Waals surface area (Å²) >= 11 is 0. The van der Waals surface area contributed by atoms with Gasteiger partial charge in [-0.1, -0.05) is 30.3 Å². The molecule has 1 N–H and O–H groups in total. The number of sulfonamides is 1. The zero-order chi connectivity index (χ0) is 24.2. The number of nitrogens with one attached hydrogen (secondary N) is 1. The molecule has 174 valence electrons. The Kier molecular flexibility index (Phi) is 7.43. The largest absolute Gasteiger partial charge is 0.497 e. The van der Waals surface area contributed by atoms with Gasteiger partial charge in [0.05, 0.1) is 23.7 Å². The number of para-hydroxylation sites is 1. The fourth-order valence-electron chi connectivity index (χ4n) is 3.73. The number of rotatable bonds is 8. The second-order valence-electron chi connectivity index (χ2n) is 8.11. The highest BCUT2D eigenvalue weighted by molar-refractivity contribution is 7.92. The minimum atomic E-state index is -3.98. The monoisotopic (exact) mass is 466 g/mol. The SMILES string of the molecule is COc1ccc(S(=O)(=O)N(CC(=O)NC(C)c2cc(C)c(C)cc2C)c2ccccc2)cc1. The zero-order valence-electron chi connectivity index (χ0n) is 19.6. The molecule has 0 spiro atoms. The maximum Gasteiger partial charge on any atom is 0.264 e. The molecule has 1 atom stereocenters. The van der Waals surface area contributed by atoms with Crippen LogP contribution in [-0.4, -0.2) is 28.0 Å². The Balaban J connectivity index is 1.88. The summed E-state index contributed by atoms with van der Waals surface area (Å²) in [5.41, 5.74) is 4.84. The van der Waals surface area contributed by atoms with Gasteiger partial charge in [0.1, 0.15) is 12.3 Å². The minimum absolute atomic E-state index is 0.0815. The first-order valence-electron chi connectivity index (χ1n) is 10.7. The van der Waals surface area contributed by atoms with Gasteiger partial charge < -0.3 is 10.1 Å². The van der Waals surface area contributed by atoms with Crippen molar-refractivity contribution in [2.75, 3.05) is 18.0 Å². The van der Waals surface area contributed by atoms with Crippen LogP contribution in [0.3, 0.4) is 0 Å². The summed E-state index contributed by atoms with van der Waals surface area (Å²) in [6.45, 7) is 7.66. The van der Waals surface area contributed by atoms with E-state index in [4.69, 9.17) is 4.74 Å². The molecule has 0 aliphatic rings. The van der Waals surface area contributed by atoms with E-state index < -0.39 is 10.0 Å². The first kappa shape index (κ1) is 24.3. The predicted molar refractivity (Wildman–Crippen MR) is 131 cm³/mol. The Labute approximate surface area is 196 Å². The Morgan fingerprint density at radius 2 is 1.55 bits per heavy atom. The number of carbonyl (C=O) groups excluding carboxylic acids is 1. The van der Waals surface area contributed by atoms with E-state index in [2.05, 4.69) is 24.4 Å². The highest BCUT2D eigenvalue weighted by Crippen LogP contribution is 2.26. The molecule has 0 radical (unpaired) electrons. The average molecular weight is 467 g/mol. The predicted octanol–water partition coefficient (Wildman–Crippen LogP) is 4.69. The summed E-state index contributed by atoms with van der Waals surface area (Å²) < 4.78 is 33.2. The maximum atomic E-state index is 13.5. The second kappa shape index (κ2) is 10.1. The van der Waals surface area contributed by atoms with E-state index >= 15 is 0 Å². The van der Waals surface area contributed by atoms with Gasteiger partial charge in [-0.15, -0.1) is 0 Å². The quantitative estimate of drug-likeness (QED) is 0.522. The van der Waals surface area contributed by atoms with Crippen molar-refractivity contribution >= 4 is 21.6 Å². The lowest BCUT2D eigenvalue weighted by molar-refractivity contribution is -0.120. The molecular formula is C26H30N2O4S. The number of nitrogens with zero attached hydrogens (tertiary/aromatic N) is 1. The minimum Gasteiger partial charge on any atom is -0.497 e. The lowest BCUT2D eigenvalue weighted by Crippen LogP contribution is -2.41. The van der Waals surface area contributed by atoms with E-state index in [0.717, 1.165) is 21.0 Å². The third-order valence-corrected chi connectivity index (χ3v) is 7.49. The van der Waals surface area contributed by atoms with Crippen LogP contribution in [0.4, 0.5) is 5.69 Å². The van der Waals surface area contributed by atoms with Crippen LogP contribution in [0.25, 0.3) is 0 Å². The van der Waals surface area contributed by atoms with Crippen LogP contribution >= 0.6 is 0 Å². The molecule has 3 aromatic carbocycles. The van der Waals surface area contributed by atoms with Crippen molar-refractivity contribution < 1.29 is 17.9 Å². The maximum absolute atomic E-state index is 13.5. The van der Waals surface area contributed by atoms with Crippen LogP contribution in [0, 0.1) is 20.8 Å². The fraction of sp³-hybridized carbons (Fsp3) is 0.269. The van der Waals surface area contributed by atoms with Crippen molar-refractivity contribution in [1.29, 1.82) is 0 Å².